The average molecular weight is 389 g/mol. The zero-order valence-electron chi connectivity index (χ0n) is 13.3. The molecule has 25 heavy (non-hydrogen) atoms. The molecule has 5 nitrogen and oxygen atoms in total. The number of nitrogens with zero attached hydrogens (tertiary/aromatic N) is 2. The number of benzene rings is 1. The molecule has 0 bridgehead atoms. The number of hydrogen-bond donors (Lipinski definition) is 2. The van der Waals surface area contributed by atoms with E-state index in [1.165, 1.54) is 10.5 Å². The molecule has 0 saturated carbocycles. The third-order valence-electron chi connectivity index (χ3n) is 4.10. The predicted octanol–water partition coefficient (Wildman–Crippen LogP) is 4.02. The molecule has 0 spiro atoms. The van der Waals surface area contributed by atoms with Gasteiger partial charge >= 0.3 is 0 Å². The van der Waals surface area contributed by atoms with Gasteiger partial charge in [-0.25, -0.2) is 0 Å². The van der Waals surface area contributed by atoms with Gasteiger partial charge < -0.3 is 5.32 Å². The Hall–Kier alpha value is -1.90. The van der Waals surface area contributed by atoms with Crippen molar-refractivity contribution in [3.8, 4) is 10.7 Å². The molecule has 1 aliphatic heterocycles. The summed E-state index contributed by atoms with van der Waals surface area (Å²) >= 11 is 8.71. The molecule has 1 unspecified atom stereocenters. The second-order valence-electron chi connectivity index (χ2n) is 5.71. The maximum atomic E-state index is 12.6. The van der Waals surface area contributed by atoms with Crippen LogP contribution in [-0.4, -0.2) is 26.4 Å². The van der Waals surface area contributed by atoms with Gasteiger partial charge in [0.2, 0.25) is 5.91 Å². The van der Waals surface area contributed by atoms with E-state index >= 15 is 0 Å². The Morgan fingerprint density at radius 1 is 1.36 bits per heavy atom. The number of thiophene rings is 1. The molecule has 0 saturated heterocycles. The van der Waals surface area contributed by atoms with E-state index in [-0.39, 0.29) is 18.5 Å². The fourth-order valence-electron chi connectivity index (χ4n) is 2.93. The first-order valence-electron chi connectivity index (χ1n) is 7.92. The second kappa shape index (κ2) is 7.15. The molecule has 1 atom stereocenters. The van der Waals surface area contributed by atoms with E-state index in [1.807, 2.05) is 41.4 Å². The summed E-state index contributed by atoms with van der Waals surface area (Å²) in [6.07, 6.45) is 0.933. The number of fused-ring (bicyclic) bond motifs is 1. The van der Waals surface area contributed by atoms with Crippen molar-refractivity contribution in [3.05, 3.63) is 52.1 Å². The van der Waals surface area contributed by atoms with Gasteiger partial charge in [-0.05, 0) is 41.7 Å². The summed E-state index contributed by atoms with van der Waals surface area (Å²) in [5.41, 5.74) is 1.20. The Balaban J connectivity index is 1.53. The Labute approximate surface area is 158 Å². The van der Waals surface area contributed by atoms with Gasteiger partial charge in [0.25, 0.3) is 0 Å². The molecule has 8 heteroatoms. The van der Waals surface area contributed by atoms with Crippen molar-refractivity contribution >= 4 is 41.2 Å². The van der Waals surface area contributed by atoms with Crippen LogP contribution in [0.4, 0.5) is 0 Å². The van der Waals surface area contributed by atoms with Crippen LogP contribution >= 0.6 is 35.3 Å². The monoisotopic (exact) mass is 388 g/mol. The number of amides is 1. The fourth-order valence-corrected chi connectivity index (χ4v) is 4.98. The van der Waals surface area contributed by atoms with Gasteiger partial charge in [0.05, 0.1) is 10.9 Å². The standard InChI is InChI=1S/C17H16N4OS3/c22-15(18-12-7-9-25-13-5-2-1-4-11(12)13)10-21-16(19-20-17(21)23)14-6-3-8-24-14/h1-6,8,12H,7,9-10H2,(H,18,22)(H,20,23). The van der Waals surface area contributed by atoms with Gasteiger partial charge in [-0.3, -0.25) is 14.5 Å². The van der Waals surface area contributed by atoms with E-state index in [2.05, 4.69) is 27.6 Å². The van der Waals surface area contributed by atoms with E-state index < -0.39 is 0 Å². The molecule has 4 rings (SSSR count). The summed E-state index contributed by atoms with van der Waals surface area (Å²) in [6, 6.07) is 12.2. The van der Waals surface area contributed by atoms with E-state index in [4.69, 9.17) is 12.2 Å². The summed E-state index contributed by atoms with van der Waals surface area (Å²) < 4.78 is 2.21. The third kappa shape index (κ3) is 3.42. The Morgan fingerprint density at radius 2 is 2.24 bits per heavy atom. The maximum Gasteiger partial charge on any atom is 0.240 e. The number of thioether (sulfide) groups is 1. The van der Waals surface area contributed by atoms with Crippen LogP contribution in [0.3, 0.4) is 0 Å². The molecule has 1 aromatic carbocycles. The highest BCUT2D eigenvalue weighted by molar-refractivity contribution is 7.99. The van der Waals surface area contributed by atoms with Gasteiger partial charge in [0, 0.05) is 10.6 Å². The summed E-state index contributed by atoms with van der Waals surface area (Å²) in [5, 5.41) is 12.2. The van der Waals surface area contributed by atoms with Crippen LogP contribution in [0.5, 0.6) is 0 Å². The highest BCUT2D eigenvalue weighted by Gasteiger charge is 2.22. The van der Waals surface area contributed by atoms with Crippen molar-refractivity contribution in [3.63, 3.8) is 0 Å². The van der Waals surface area contributed by atoms with Crippen molar-refractivity contribution in [2.24, 2.45) is 0 Å². The van der Waals surface area contributed by atoms with Crippen molar-refractivity contribution in [2.45, 2.75) is 23.9 Å². The van der Waals surface area contributed by atoms with Gasteiger partial charge in [-0.15, -0.1) is 23.1 Å². The first kappa shape index (κ1) is 16.6. The fraction of sp³-hybridized carbons (Fsp3) is 0.235. The number of carbonyl (C=O) groups is 1. The SMILES string of the molecule is O=C(Cn1c(-c2cccs2)n[nH]c1=S)NC1CCSc2ccccc21. The van der Waals surface area contributed by atoms with Crippen molar-refractivity contribution in [2.75, 3.05) is 5.75 Å². The van der Waals surface area contributed by atoms with Gasteiger partial charge in [0.15, 0.2) is 10.6 Å². The maximum absolute atomic E-state index is 12.6. The van der Waals surface area contributed by atoms with E-state index in [0.717, 1.165) is 17.1 Å². The lowest BCUT2D eigenvalue weighted by Crippen LogP contribution is -2.33. The van der Waals surface area contributed by atoms with Gasteiger partial charge in [-0.2, -0.15) is 5.10 Å². The number of hydrogen-bond acceptors (Lipinski definition) is 5. The zero-order valence-corrected chi connectivity index (χ0v) is 15.7. The van der Waals surface area contributed by atoms with Crippen LogP contribution in [0, 0.1) is 4.77 Å². The van der Waals surface area contributed by atoms with Crippen LogP contribution in [0.1, 0.15) is 18.0 Å². The number of carbonyl (C=O) groups excluding carboxylic acids is 1. The minimum atomic E-state index is -0.0537. The van der Waals surface area contributed by atoms with Crippen molar-refractivity contribution < 1.29 is 4.79 Å². The molecule has 3 aromatic rings. The zero-order chi connectivity index (χ0) is 17.2. The second-order valence-corrected chi connectivity index (χ2v) is 8.18. The molecule has 0 fully saturated rings. The third-order valence-corrected chi connectivity index (χ3v) is 6.40. The Bertz CT molecular complexity index is 945. The van der Waals surface area contributed by atoms with E-state index in [9.17, 15) is 4.79 Å². The van der Waals surface area contributed by atoms with Crippen LogP contribution in [0.2, 0.25) is 0 Å². The Kier molecular flexibility index (Phi) is 4.74. The molecular weight excluding hydrogens is 372 g/mol. The lowest BCUT2D eigenvalue weighted by molar-refractivity contribution is -0.122. The van der Waals surface area contributed by atoms with Crippen molar-refractivity contribution in [1.29, 1.82) is 0 Å². The molecule has 1 amide bonds. The largest absolute Gasteiger partial charge is 0.348 e. The molecular formula is C17H16N4OS3. The summed E-state index contributed by atoms with van der Waals surface area (Å²) in [6.45, 7) is 0.161. The molecule has 128 valence electrons. The molecule has 0 aliphatic carbocycles. The molecule has 2 aromatic heterocycles. The quantitative estimate of drug-likeness (QED) is 0.663. The normalized spacial score (nSPS) is 16.4. The van der Waals surface area contributed by atoms with E-state index in [1.54, 1.807) is 15.9 Å². The number of rotatable bonds is 4. The first-order valence-corrected chi connectivity index (χ1v) is 10.2. The number of H-pyrrole nitrogens is 1. The lowest BCUT2D eigenvalue weighted by Gasteiger charge is -2.26. The Morgan fingerprint density at radius 3 is 3.08 bits per heavy atom. The summed E-state index contributed by atoms with van der Waals surface area (Å²) in [7, 11) is 0. The molecule has 2 N–H and O–H groups in total. The number of aromatic nitrogens is 3. The minimum absolute atomic E-state index is 0.0520. The van der Waals surface area contributed by atoms with Crippen LogP contribution in [0.25, 0.3) is 10.7 Å². The van der Waals surface area contributed by atoms with Crippen LogP contribution in [0.15, 0.2) is 46.7 Å². The highest BCUT2D eigenvalue weighted by atomic mass is 32.2. The topological polar surface area (TPSA) is 62.7 Å². The van der Waals surface area contributed by atoms with Crippen LogP contribution in [-0.2, 0) is 11.3 Å². The minimum Gasteiger partial charge on any atom is -0.348 e. The van der Waals surface area contributed by atoms with Crippen molar-refractivity contribution in [1.82, 2.24) is 20.1 Å². The smallest absolute Gasteiger partial charge is 0.240 e. The lowest BCUT2D eigenvalue weighted by atomic mass is 10.0. The highest BCUT2D eigenvalue weighted by Crippen LogP contribution is 2.35. The van der Waals surface area contributed by atoms with Gasteiger partial charge in [0.1, 0.15) is 6.54 Å². The van der Waals surface area contributed by atoms with Crippen LogP contribution < -0.4 is 5.32 Å². The summed E-state index contributed by atoms with van der Waals surface area (Å²) in [5.74, 6) is 1.66. The van der Waals surface area contributed by atoms with Gasteiger partial charge in [-0.1, -0.05) is 24.3 Å². The first-order chi connectivity index (χ1) is 12.2. The predicted molar refractivity (Wildman–Crippen MR) is 103 cm³/mol. The summed E-state index contributed by atoms with van der Waals surface area (Å²) in [4.78, 5) is 14.9. The number of nitrogens with one attached hydrogen (secondary N) is 2. The molecule has 3 heterocycles. The number of aromatic amines is 1. The van der Waals surface area contributed by atoms with E-state index in [0.29, 0.717) is 10.6 Å². The molecule has 1 aliphatic rings. The average Bonchev–Trinajstić information content (AvgIpc) is 3.26. The molecule has 0 radical (unpaired) electrons.